The summed E-state index contributed by atoms with van der Waals surface area (Å²) in [5.74, 6) is -0.385. The Morgan fingerprint density at radius 2 is 2.13 bits per heavy atom. The zero-order valence-corrected chi connectivity index (χ0v) is 16.1. The van der Waals surface area contributed by atoms with E-state index in [1.54, 1.807) is 19.1 Å². The third-order valence-corrected chi connectivity index (χ3v) is 4.38. The van der Waals surface area contributed by atoms with Crippen LogP contribution >= 0.6 is 0 Å². The molecule has 2 heterocycles. The van der Waals surface area contributed by atoms with Crippen molar-refractivity contribution in [1.82, 2.24) is 10.3 Å². The highest BCUT2D eigenvalue weighted by Crippen LogP contribution is 2.34. The zero-order chi connectivity index (χ0) is 21.9. The van der Waals surface area contributed by atoms with E-state index in [2.05, 4.69) is 20.4 Å². The standard InChI is InChI=1S/C19H19F3N4O4/c1-3-13(12-7-6-11(9-15(12)29-2)30-19(20,21)22)25-18(28)26-10-16(27)24-14-5-4-8-23-17(14)26/h4-9,13H,3,10H2,1-2H3,(H,24,27)(H,25,28). The second kappa shape index (κ2) is 8.47. The molecule has 0 fully saturated rings. The van der Waals surface area contributed by atoms with E-state index in [1.165, 1.54) is 24.3 Å². The molecule has 0 aliphatic carbocycles. The van der Waals surface area contributed by atoms with E-state index < -0.39 is 24.2 Å². The summed E-state index contributed by atoms with van der Waals surface area (Å²) >= 11 is 0. The summed E-state index contributed by atoms with van der Waals surface area (Å²) in [4.78, 5) is 30.2. The number of alkyl halides is 3. The number of hydrogen-bond donors (Lipinski definition) is 2. The number of carbonyl (C=O) groups excluding carboxylic acids is 2. The summed E-state index contributed by atoms with van der Waals surface area (Å²) in [6, 6.07) is 5.72. The van der Waals surface area contributed by atoms with Gasteiger partial charge in [0, 0.05) is 17.8 Å². The van der Waals surface area contributed by atoms with Gasteiger partial charge in [0.2, 0.25) is 5.91 Å². The van der Waals surface area contributed by atoms with Crippen LogP contribution in [-0.2, 0) is 4.79 Å². The highest BCUT2D eigenvalue weighted by atomic mass is 19.4. The van der Waals surface area contributed by atoms with Gasteiger partial charge in [-0.15, -0.1) is 13.2 Å². The fourth-order valence-electron chi connectivity index (χ4n) is 3.09. The molecule has 0 spiro atoms. The van der Waals surface area contributed by atoms with Gasteiger partial charge in [0.15, 0.2) is 5.82 Å². The first kappa shape index (κ1) is 21.2. The Kier molecular flexibility index (Phi) is 5.99. The lowest BCUT2D eigenvalue weighted by Gasteiger charge is -2.30. The lowest BCUT2D eigenvalue weighted by Crippen LogP contribution is -2.48. The number of aromatic nitrogens is 1. The van der Waals surface area contributed by atoms with Gasteiger partial charge in [-0.25, -0.2) is 9.78 Å². The van der Waals surface area contributed by atoms with Crippen LogP contribution < -0.4 is 25.0 Å². The molecule has 0 saturated carbocycles. The summed E-state index contributed by atoms with van der Waals surface area (Å²) in [6.45, 7) is 1.57. The van der Waals surface area contributed by atoms with Crippen molar-refractivity contribution in [2.24, 2.45) is 0 Å². The predicted molar refractivity (Wildman–Crippen MR) is 101 cm³/mol. The molecule has 11 heteroatoms. The summed E-state index contributed by atoms with van der Waals surface area (Å²) < 4.78 is 46.5. The Morgan fingerprint density at radius 3 is 2.80 bits per heavy atom. The number of carbonyl (C=O) groups is 2. The molecule has 160 valence electrons. The van der Waals surface area contributed by atoms with Gasteiger partial charge >= 0.3 is 12.4 Å². The number of benzene rings is 1. The molecule has 8 nitrogen and oxygen atoms in total. The third kappa shape index (κ3) is 4.73. The van der Waals surface area contributed by atoms with Crippen molar-refractivity contribution < 1.29 is 32.2 Å². The number of methoxy groups -OCH3 is 1. The van der Waals surface area contributed by atoms with Gasteiger partial charge in [-0.2, -0.15) is 0 Å². The molecule has 0 saturated heterocycles. The van der Waals surface area contributed by atoms with Crippen LogP contribution in [0, 0.1) is 0 Å². The number of rotatable bonds is 5. The van der Waals surface area contributed by atoms with Crippen LogP contribution in [0.4, 0.5) is 29.5 Å². The maximum atomic E-state index is 12.9. The summed E-state index contributed by atoms with van der Waals surface area (Å²) in [6.07, 6.45) is -2.92. The molecule has 0 bridgehead atoms. The van der Waals surface area contributed by atoms with E-state index in [-0.39, 0.29) is 18.2 Å². The molecule has 2 aromatic rings. The number of hydrogen-bond acceptors (Lipinski definition) is 5. The van der Waals surface area contributed by atoms with Gasteiger partial charge < -0.3 is 20.1 Å². The van der Waals surface area contributed by atoms with Crippen LogP contribution in [0.25, 0.3) is 0 Å². The van der Waals surface area contributed by atoms with Crippen molar-refractivity contribution in [3.05, 3.63) is 42.1 Å². The SMILES string of the molecule is CCC(NC(=O)N1CC(=O)Nc2cccnc21)c1ccc(OC(F)(F)F)cc1OC. The molecule has 1 unspecified atom stereocenters. The quantitative estimate of drug-likeness (QED) is 0.765. The molecular weight excluding hydrogens is 405 g/mol. The molecule has 1 aromatic heterocycles. The first-order valence-electron chi connectivity index (χ1n) is 8.98. The first-order chi connectivity index (χ1) is 14.2. The second-order valence-electron chi connectivity index (χ2n) is 6.37. The minimum atomic E-state index is -4.83. The number of amides is 3. The summed E-state index contributed by atoms with van der Waals surface area (Å²) in [5, 5.41) is 5.42. The highest BCUT2D eigenvalue weighted by molar-refractivity contribution is 6.08. The highest BCUT2D eigenvalue weighted by Gasteiger charge is 2.32. The lowest BCUT2D eigenvalue weighted by atomic mass is 10.0. The molecule has 1 aromatic carbocycles. The normalized spacial score (nSPS) is 14.4. The smallest absolute Gasteiger partial charge is 0.496 e. The molecule has 3 amide bonds. The molecule has 1 atom stereocenters. The lowest BCUT2D eigenvalue weighted by molar-refractivity contribution is -0.274. The minimum absolute atomic E-state index is 0.124. The maximum Gasteiger partial charge on any atom is 0.573 e. The number of nitrogens with one attached hydrogen (secondary N) is 2. The van der Waals surface area contributed by atoms with Gasteiger partial charge in [-0.3, -0.25) is 9.69 Å². The monoisotopic (exact) mass is 424 g/mol. The number of pyridine rings is 1. The summed E-state index contributed by atoms with van der Waals surface area (Å²) in [5.41, 5.74) is 0.869. The Labute approximate surface area is 170 Å². The average Bonchev–Trinajstić information content (AvgIpc) is 2.70. The van der Waals surface area contributed by atoms with Crippen LogP contribution in [0.2, 0.25) is 0 Å². The molecule has 30 heavy (non-hydrogen) atoms. The Balaban J connectivity index is 1.83. The van der Waals surface area contributed by atoms with Gasteiger partial charge in [0.05, 0.1) is 18.8 Å². The van der Waals surface area contributed by atoms with Crippen molar-refractivity contribution >= 4 is 23.4 Å². The molecule has 2 N–H and O–H groups in total. The first-order valence-corrected chi connectivity index (χ1v) is 8.98. The van der Waals surface area contributed by atoms with Gasteiger partial charge in [-0.1, -0.05) is 6.92 Å². The number of halogens is 3. The predicted octanol–water partition coefficient (Wildman–Crippen LogP) is 3.61. The van der Waals surface area contributed by atoms with E-state index in [0.717, 1.165) is 12.1 Å². The minimum Gasteiger partial charge on any atom is -0.496 e. The van der Waals surface area contributed by atoms with Crippen molar-refractivity contribution in [3.63, 3.8) is 0 Å². The van der Waals surface area contributed by atoms with Crippen LogP contribution in [0.15, 0.2) is 36.5 Å². The van der Waals surface area contributed by atoms with Crippen molar-refractivity contribution in [2.45, 2.75) is 25.7 Å². The van der Waals surface area contributed by atoms with Gasteiger partial charge in [0.1, 0.15) is 18.0 Å². The second-order valence-corrected chi connectivity index (χ2v) is 6.37. The molecule has 1 aliphatic heterocycles. The number of nitrogens with zero attached hydrogens (tertiary/aromatic N) is 2. The fourth-order valence-corrected chi connectivity index (χ4v) is 3.09. The van der Waals surface area contributed by atoms with Gasteiger partial charge in [0.25, 0.3) is 0 Å². The van der Waals surface area contributed by atoms with E-state index in [0.29, 0.717) is 23.5 Å². The van der Waals surface area contributed by atoms with E-state index in [9.17, 15) is 22.8 Å². The number of anilines is 2. The molecule has 1 aliphatic rings. The van der Waals surface area contributed by atoms with Crippen LogP contribution in [0.3, 0.4) is 0 Å². The molecule has 3 rings (SSSR count). The topological polar surface area (TPSA) is 92.8 Å². The van der Waals surface area contributed by atoms with E-state index in [4.69, 9.17) is 4.74 Å². The number of ether oxygens (including phenoxy) is 2. The Bertz CT molecular complexity index is 952. The molecule has 0 radical (unpaired) electrons. The average molecular weight is 424 g/mol. The largest absolute Gasteiger partial charge is 0.573 e. The van der Waals surface area contributed by atoms with Crippen molar-refractivity contribution in [2.75, 3.05) is 23.9 Å². The maximum absolute atomic E-state index is 12.9. The Morgan fingerprint density at radius 1 is 1.37 bits per heavy atom. The number of fused-ring (bicyclic) bond motifs is 1. The Hall–Kier alpha value is -3.50. The fraction of sp³-hybridized carbons (Fsp3) is 0.316. The third-order valence-electron chi connectivity index (χ3n) is 4.38. The number of urea groups is 1. The van der Waals surface area contributed by atoms with Crippen molar-refractivity contribution in [3.8, 4) is 11.5 Å². The van der Waals surface area contributed by atoms with Crippen LogP contribution in [0.5, 0.6) is 11.5 Å². The zero-order valence-electron chi connectivity index (χ0n) is 16.1. The van der Waals surface area contributed by atoms with Crippen LogP contribution in [-0.4, -0.2) is 36.9 Å². The van der Waals surface area contributed by atoms with Crippen molar-refractivity contribution in [1.29, 1.82) is 0 Å². The van der Waals surface area contributed by atoms with E-state index in [1.807, 2.05) is 0 Å². The van der Waals surface area contributed by atoms with Gasteiger partial charge in [-0.05, 0) is 30.7 Å². The van der Waals surface area contributed by atoms with Crippen LogP contribution in [0.1, 0.15) is 24.9 Å². The van der Waals surface area contributed by atoms with E-state index >= 15 is 0 Å². The molecular formula is C19H19F3N4O4. The summed E-state index contributed by atoms with van der Waals surface area (Å²) in [7, 11) is 1.31.